The maximum atomic E-state index is 10.2. The van der Waals surface area contributed by atoms with Crippen molar-refractivity contribution in [3.8, 4) is 0 Å². The molecule has 0 saturated heterocycles. The normalized spacial score (nSPS) is 15.5. The van der Waals surface area contributed by atoms with Crippen molar-refractivity contribution in [3.05, 3.63) is 0 Å². The average Bonchev–Trinajstić information content (AvgIpc) is 1.87. The van der Waals surface area contributed by atoms with E-state index >= 15 is 0 Å². The fraction of sp³-hybridized carbons (Fsp3) is 0.667. The van der Waals surface area contributed by atoms with Gasteiger partial charge in [-0.2, -0.15) is 0 Å². The number of carboxylic acids is 2. The number of nitrogens with zero attached hydrogens (tertiary/aromatic N) is 1. The summed E-state index contributed by atoms with van der Waals surface area (Å²) in [5.74, 6) is -2.23. The van der Waals surface area contributed by atoms with Crippen LogP contribution in [0.15, 0.2) is 0 Å². The third-order valence-electron chi connectivity index (χ3n) is 1.16. The van der Waals surface area contributed by atoms with Gasteiger partial charge in [-0.05, 0) is 13.8 Å². The molecular formula is C6H10NO4. The molecule has 5 heteroatoms. The van der Waals surface area contributed by atoms with E-state index in [0.29, 0.717) is 0 Å². The largest absolute Gasteiger partial charge is 0.480 e. The zero-order valence-electron chi connectivity index (χ0n) is 6.31. The van der Waals surface area contributed by atoms with Gasteiger partial charge in [0.2, 0.25) is 0 Å². The predicted octanol–water partition coefficient (Wildman–Crippen LogP) is -0.463. The molecule has 0 bridgehead atoms. The zero-order valence-corrected chi connectivity index (χ0v) is 6.31. The van der Waals surface area contributed by atoms with Crippen LogP contribution in [0.4, 0.5) is 0 Å². The molecule has 0 amide bonds. The van der Waals surface area contributed by atoms with Crippen LogP contribution in [0.25, 0.3) is 0 Å². The van der Waals surface area contributed by atoms with Gasteiger partial charge in [0, 0.05) is 0 Å². The molecule has 63 valence electrons. The van der Waals surface area contributed by atoms with Gasteiger partial charge in [-0.3, -0.25) is 9.59 Å². The van der Waals surface area contributed by atoms with Gasteiger partial charge < -0.3 is 10.2 Å². The molecule has 0 fully saturated rings. The topological polar surface area (TPSA) is 88.7 Å². The first-order chi connectivity index (χ1) is 4.95. The molecule has 0 aromatic rings. The van der Waals surface area contributed by atoms with Crippen molar-refractivity contribution in [2.75, 3.05) is 0 Å². The molecular weight excluding hydrogens is 150 g/mol. The number of hydrogen-bond acceptors (Lipinski definition) is 2. The molecule has 0 aliphatic carbocycles. The highest BCUT2D eigenvalue weighted by molar-refractivity contribution is 5.76. The Morgan fingerprint density at radius 2 is 1.36 bits per heavy atom. The van der Waals surface area contributed by atoms with E-state index in [9.17, 15) is 9.59 Å². The standard InChI is InChI=1S/C6H10NO4/c1-3(5(8)9)7-4(2)6(10)11/h3-4H,1-2H3,(H,8,9)(H,10,11). The number of carbonyl (C=O) groups is 2. The van der Waals surface area contributed by atoms with Crippen molar-refractivity contribution in [1.29, 1.82) is 0 Å². The Balaban J connectivity index is 3.84. The molecule has 0 spiro atoms. The van der Waals surface area contributed by atoms with Gasteiger partial charge in [0.1, 0.15) is 12.1 Å². The summed E-state index contributed by atoms with van der Waals surface area (Å²) in [4.78, 5) is 20.3. The first-order valence-electron chi connectivity index (χ1n) is 3.10. The highest BCUT2D eigenvalue weighted by Gasteiger charge is 2.19. The molecule has 2 atom stereocenters. The number of aliphatic carboxylic acids is 2. The summed E-state index contributed by atoms with van der Waals surface area (Å²) in [7, 11) is 0. The smallest absolute Gasteiger partial charge is 0.322 e. The summed E-state index contributed by atoms with van der Waals surface area (Å²) < 4.78 is 0. The lowest BCUT2D eigenvalue weighted by Gasteiger charge is -2.09. The minimum absolute atomic E-state index is 0.957. The fourth-order valence-corrected chi connectivity index (χ4v) is 0.463. The van der Waals surface area contributed by atoms with Crippen LogP contribution in [0.1, 0.15) is 13.8 Å². The maximum absolute atomic E-state index is 10.2. The monoisotopic (exact) mass is 160 g/mol. The van der Waals surface area contributed by atoms with Crippen LogP contribution in [0.3, 0.4) is 0 Å². The van der Waals surface area contributed by atoms with Crippen LogP contribution in [-0.4, -0.2) is 34.2 Å². The molecule has 0 heterocycles. The summed E-state index contributed by atoms with van der Waals surface area (Å²) in [6.07, 6.45) is 0. The molecule has 0 aromatic carbocycles. The van der Waals surface area contributed by atoms with E-state index in [4.69, 9.17) is 10.2 Å². The summed E-state index contributed by atoms with van der Waals surface area (Å²) in [5, 5.41) is 20.1. The third kappa shape index (κ3) is 3.57. The number of rotatable bonds is 4. The molecule has 2 N–H and O–H groups in total. The van der Waals surface area contributed by atoms with Crippen molar-refractivity contribution < 1.29 is 19.8 Å². The molecule has 0 aliphatic rings. The van der Waals surface area contributed by atoms with E-state index in [-0.39, 0.29) is 0 Å². The first kappa shape index (κ1) is 9.90. The molecule has 0 aromatic heterocycles. The van der Waals surface area contributed by atoms with E-state index in [0.717, 1.165) is 0 Å². The van der Waals surface area contributed by atoms with Gasteiger partial charge in [-0.15, -0.1) is 0 Å². The Kier molecular flexibility index (Phi) is 3.53. The van der Waals surface area contributed by atoms with Crippen LogP contribution in [0.5, 0.6) is 0 Å². The number of hydrogen-bond donors (Lipinski definition) is 2. The molecule has 11 heavy (non-hydrogen) atoms. The summed E-state index contributed by atoms with van der Waals surface area (Å²) in [6.45, 7) is 2.67. The molecule has 2 unspecified atom stereocenters. The summed E-state index contributed by atoms with van der Waals surface area (Å²) in [5.41, 5.74) is 0. The Labute approximate surface area is 64.0 Å². The van der Waals surface area contributed by atoms with Crippen LogP contribution in [-0.2, 0) is 9.59 Å². The van der Waals surface area contributed by atoms with E-state index in [2.05, 4.69) is 5.32 Å². The van der Waals surface area contributed by atoms with E-state index in [1.807, 2.05) is 0 Å². The molecule has 1 radical (unpaired) electrons. The van der Waals surface area contributed by atoms with Crippen molar-refractivity contribution in [1.82, 2.24) is 5.32 Å². The van der Waals surface area contributed by atoms with Crippen LogP contribution >= 0.6 is 0 Å². The highest BCUT2D eigenvalue weighted by atomic mass is 16.4. The van der Waals surface area contributed by atoms with E-state index in [1.54, 1.807) is 0 Å². The van der Waals surface area contributed by atoms with Crippen molar-refractivity contribution >= 4 is 11.9 Å². The van der Waals surface area contributed by atoms with Gasteiger partial charge in [0.25, 0.3) is 0 Å². The molecule has 0 saturated carbocycles. The highest BCUT2D eigenvalue weighted by Crippen LogP contribution is 1.90. The number of carboxylic acid groups (broad SMARTS) is 2. The van der Waals surface area contributed by atoms with E-state index < -0.39 is 24.0 Å². The van der Waals surface area contributed by atoms with Gasteiger partial charge in [-0.1, -0.05) is 0 Å². The van der Waals surface area contributed by atoms with Crippen LogP contribution < -0.4 is 5.32 Å². The van der Waals surface area contributed by atoms with E-state index in [1.165, 1.54) is 13.8 Å². The van der Waals surface area contributed by atoms with Gasteiger partial charge in [0.05, 0.1) is 0 Å². The second kappa shape index (κ2) is 3.92. The molecule has 0 aliphatic heterocycles. The average molecular weight is 160 g/mol. The molecule has 5 nitrogen and oxygen atoms in total. The Bertz CT molecular complexity index is 150. The zero-order chi connectivity index (χ0) is 9.02. The van der Waals surface area contributed by atoms with Gasteiger partial charge in [-0.25, -0.2) is 5.32 Å². The lowest BCUT2D eigenvalue weighted by molar-refractivity contribution is -0.142. The molecule has 0 rings (SSSR count). The van der Waals surface area contributed by atoms with Gasteiger partial charge >= 0.3 is 11.9 Å². The fourth-order valence-electron chi connectivity index (χ4n) is 0.463. The summed E-state index contributed by atoms with van der Waals surface area (Å²) >= 11 is 0. The minimum Gasteiger partial charge on any atom is -0.480 e. The van der Waals surface area contributed by atoms with Crippen LogP contribution in [0.2, 0.25) is 0 Å². The van der Waals surface area contributed by atoms with Gasteiger partial charge in [0.15, 0.2) is 0 Å². The quantitative estimate of drug-likeness (QED) is 0.582. The van der Waals surface area contributed by atoms with Crippen molar-refractivity contribution in [2.45, 2.75) is 25.9 Å². The third-order valence-corrected chi connectivity index (χ3v) is 1.16. The Morgan fingerprint density at radius 1 is 1.09 bits per heavy atom. The second-order valence-electron chi connectivity index (χ2n) is 2.18. The predicted molar refractivity (Wildman–Crippen MR) is 36.3 cm³/mol. The Hall–Kier alpha value is -1.10. The van der Waals surface area contributed by atoms with Crippen molar-refractivity contribution in [2.24, 2.45) is 0 Å². The summed E-state index contributed by atoms with van der Waals surface area (Å²) in [6, 6.07) is -1.91. The minimum atomic E-state index is -1.11. The SMILES string of the molecule is CC([N]C(C)C(=O)O)C(=O)O. The van der Waals surface area contributed by atoms with Crippen molar-refractivity contribution in [3.63, 3.8) is 0 Å². The second-order valence-corrected chi connectivity index (χ2v) is 2.18. The van der Waals surface area contributed by atoms with Crippen LogP contribution in [0, 0.1) is 0 Å². The lowest BCUT2D eigenvalue weighted by Crippen LogP contribution is -2.37. The Morgan fingerprint density at radius 3 is 1.55 bits per heavy atom. The first-order valence-corrected chi connectivity index (χ1v) is 3.10. The maximum Gasteiger partial charge on any atom is 0.322 e. The lowest BCUT2D eigenvalue weighted by atomic mass is 10.2.